The Balaban J connectivity index is 2.48. The number of aromatic nitrogens is 1. The van der Waals surface area contributed by atoms with Crippen molar-refractivity contribution in [3.05, 3.63) is 16.1 Å². The van der Waals surface area contributed by atoms with Crippen LogP contribution in [-0.2, 0) is 6.42 Å². The largest absolute Gasteiger partial charge is 0.411 e. The Bertz CT molecular complexity index is 292. The Kier molecular flexibility index (Phi) is 1.62. The van der Waals surface area contributed by atoms with Gasteiger partial charge in [-0.2, -0.15) is 0 Å². The molecule has 4 heteroatoms. The number of oxime groups is 1. The van der Waals surface area contributed by atoms with Crippen LogP contribution in [-0.4, -0.2) is 15.9 Å². The molecule has 0 aromatic carbocycles. The van der Waals surface area contributed by atoms with E-state index in [0.717, 1.165) is 30.7 Å². The van der Waals surface area contributed by atoms with E-state index in [1.807, 2.05) is 0 Å². The summed E-state index contributed by atoms with van der Waals surface area (Å²) in [5, 5.41) is 11.8. The lowest BCUT2D eigenvalue weighted by Gasteiger charge is -2.09. The van der Waals surface area contributed by atoms with Crippen LogP contribution in [0.4, 0.5) is 0 Å². The molecule has 1 aromatic rings. The van der Waals surface area contributed by atoms with Crippen molar-refractivity contribution in [1.82, 2.24) is 4.98 Å². The van der Waals surface area contributed by atoms with Gasteiger partial charge >= 0.3 is 0 Å². The second kappa shape index (κ2) is 2.62. The zero-order chi connectivity index (χ0) is 7.68. The Morgan fingerprint density at radius 2 is 2.45 bits per heavy atom. The quantitative estimate of drug-likeness (QED) is 0.473. The molecule has 58 valence electrons. The van der Waals surface area contributed by atoms with Gasteiger partial charge in [0, 0.05) is 4.88 Å². The van der Waals surface area contributed by atoms with Crippen LogP contribution in [0, 0.1) is 0 Å². The Labute approximate surface area is 68.4 Å². The van der Waals surface area contributed by atoms with Gasteiger partial charge in [-0.15, -0.1) is 11.3 Å². The van der Waals surface area contributed by atoms with E-state index in [1.165, 1.54) is 4.88 Å². The van der Waals surface area contributed by atoms with Crippen molar-refractivity contribution in [2.45, 2.75) is 19.3 Å². The summed E-state index contributed by atoms with van der Waals surface area (Å²) in [5.74, 6) is 0. The molecule has 0 bridgehead atoms. The summed E-state index contributed by atoms with van der Waals surface area (Å²) >= 11 is 1.64. The molecule has 2 rings (SSSR count). The van der Waals surface area contributed by atoms with Gasteiger partial charge in [0.1, 0.15) is 11.4 Å². The van der Waals surface area contributed by atoms with Crippen LogP contribution in [0.2, 0.25) is 0 Å². The molecular formula is C7H8N2OS. The predicted octanol–water partition coefficient (Wildman–Crippen LogP) is 1.66. The minimum Gasteiger partial charge on any atom is -0.411 e. The van der Waals surface area contributed by atoms with Gasteiger partial charge in [-0.1, -0.05) is 5.16 Å². The molecule has 1 aromatic heterocycles. The normalized spacial score (nSPS) is 20.2. The molecule has 0 atom stereocenters. The first kappa shape index (κ1) is 6.79. The van der Waals surface area contributed by atoms with E-state index in [0.29, 0.717) is 0 Å². The number of nitrogens with zero attached hydrogens (tertiary/aromatic N) is 2. The molecule has 3 nitrogen and oxygen atoms in total. The van der Waals surface area contributed by atoms with Gasteiger partial charge in [-0.3, -0.25) is 0 Å². The van der Waals surface area contributed by atoms with Crippen LogP contribution in [0.3, 0.4) is 0 Å². The van der Waals surface area contributed by atoms with E-state index >= 15 is 0 Å². The predicted molar refractivity (Wildman–Crippen MR) is 43.4 cm³/mol. The maximum atomic E-state index is 8.61. The zero-order valence-electron chi connectivity index (χ0n) is 5.95. The summed E-state index contributed by atoms with van der Waals surface area (Å²) in [6, 6.07) is 0. The van der Waals surface area contributed by atoms with E-state index in [4.69, 9.17) is 5.21 Å². The highest BCUT2D eigenvalue weighted by molar-refractivity contribution is 7.10. The number of fused-ring (bicyclic) bond motifs is 1. The average Bonchev–Trinajstić information content (AvgIpc) is 2.50. The van der Waals surface area contributed by atoms with Gasteiger partial charge in [0.15, 0.2) is 0 Å². The fourth-order valence-electron chi connectivity index (χ4n) is 1.32. The minimum absolute atomic E-state index is 0.743. The Morgan fingerprint density at radius 1 is 1.55 bits per heavy atom. The highest BCUT2D eigenvalue weighted by Crippen LogP contribution is 2.23. The van der Waals surface area contributed by atoms with Crippen LogP contribution < -0.4 is 0 Å². The summed E-state index contributed by atoms with van der Waals surface area (Å²) in [6.45, 7) is 0. The average molecular weight is 168 g/mol. The number of thiazole rings is 1. The smallest absolute Gasteiger partial charge is 0.106 e. The van der Waals surface area contributed by atoms with Crippen LogP contribution in [0.15, 0.2) is 10.7 Å². The molecule has 1 aliphatic carbocycles. The van der Waals surface area contributed by atoms with E-state index in [-0.39, 0.29) is 0 Å². The SMILES string of the molecule is O/N=C1/CCCc2scnc21. The number of hydrogen-bond donors (Lipinski definition) is 1. The molecule has 0 unspecified atom stereocenters. The molecule has 1 heterocycles. The monoisotopic (exact) mass is 168 g/mol. The summed E-state index contributed by atoms with van der Waals surface area (Å²) < 4.78 is 0. The van der Waals surface area contributed by atoms with Gasteiger partial charge in [0.2, 0.25) is 0 Å². The molecule has 0 radical (unpaired) electrons. The van der Waals surface area contributed by atoms with E-state index in [2.05, 4.69) is 10.1 Å². The Morgan fingerprint density at radius 3 is 3.27 bits per heavy atom. The number of hydrogen-bond acceptors (Lipinski definition) is 4. The molecule has 0 amide bonds. The maximum Gasteiger partial charge on any atom is 0.106 e. The lowest BCUT2D eigenvalue weighted by atomic mass is 10.0. The highest BCUT2D eigenvalue weighted by atomic mass is 32.1. The van der Waals surface area contributed by atoms with Gasteiger partial charge in [-0.05, 0) is 19.3 Å². The molecule has 0 aliphatic heterocycles. The molecule has 0 saturated carbocycles. The van der Waals surface area contributed by atoms with Crippen molar-refractivity contribution in [2.75, 3.05) is 0 Å². The van der Waals surface area contributed by atoms with Gasteiger partial charge < -0.3 is 5.21 Å². The second-order valence-electron chi connectivity index (χ2n) is 2.52. The van der Waals surface area contributed by atoms with Crippen molar-refractivity contribution in [3.8, 4) is 0 Å². The number of rotatable bonds is 0. The third-order valence-corrected chi connectivity index (χ3v) is 2.75. The minimum atomic E-state index is 0.743. The maximum absolute atomic E-state index is 8.61. The molecule has 0 spiro atoms. The first-order valence-corrected chi connectivity index (χ1v) is 4.43. The lowest BCUT2D eigenvalue weighted by Crippen LogP contribution is -2.10. The molecule has 1 N–H and O–H groups in total. The third-order valence-electron chi connectivity index (χ3n) is 1.85. The lowest BCUT2D eigenvalue weighted by molar-refractivity contribution is 0.317. The van der Waals surface area contributed by atoms with Crippen molar-refractivity contribution in [1.29, 1.82) is 0 Å². The summed E-state index contributed by atoms with van der Waals surface area (Å²) in [6.07, 6.45) is 3.01. The molecular weight excluding hydrogens is 160 g/mol. The van der Waals surface area contributed by atoms with Crippen LogP contribution in [0.5, 0.6) is 0 Å². The molecule has 0 fully saturated rings. The molecule has 1 aliphatic rings. The Hall–Kier alpha value is -0.900. The standard InChI is InChI=1S/C7H8N2OS/c10-9-5-2-1-3-6-7(5)8-4-11-6/h4,10H,1-3H2/b9-5-. The topological polar surface area (TPSA) is 45.5 Å². The van der Waals surface area contributed by atoms with Crippen molar-refractivity contribution in [3.63, 3.8) is 0 Å². The summed E-state index contributed by atoms with van der Waals surface area (Å²) in [7, 11) is 0. The first-order valence-electron chi connectivity index (χ1n) is 3.55. The van der Waals surface area contributed by atoms with E-state index in [9.17, 15) is 0 Å². The fourth-order valence-corrected chi connectivity index (χ4v) is 2.15. The highest BCUT2D eigenvalue weighted by Gasteiger charge is 2.17. The van der Waals surface area contributed by atoms with Crippen molar-refractivity contribution >= 4 is 17.0 Å². The zero-order valence-corrected chi connectivity index (χ0v) is 6.77. The van der Waals surface area contributed by atoms with Gasteiger partial charge in [0.25, 0.3) is 0 Å². The summed E-state index contributed by atoms with van der Waals surface area (Å²) in [4.78, 5) is 5.39. The first-order chi connectivity index (χ1) is 5.42. The van der Waals surface area contributed by atoms with Crippen molar-refractivity contribution in [2.24, 2.45) is 5.16 Å². The van der Waals surface area contributed by atoms with Crippen LogP contribution >= 0.6 is 11.3 Å². The van der Waals surface area contributed by atoms with E-state index in [1.54, 1.807) is 16.8 Å². The fraction of sp³-hybridized carbons (Fsp3) is 0.429. The number of aryl methyl sites for hydroxylation is 1. The molecule has 0 saturated heterocycles. The van der Waals surface area contributed by atoms with Crippen LogP contribution in [0.25, 0.3) is 0 Å². The van der Waals surface area contributed by atoms with Crippen LogP contribution in [0.1, 0.15) is 23.4 Å². The third kappa shape index (κ3) is 1.03. The second-order valence-corrected chi connectivity index (χ2v) is 3.46. The van der Waals surface area contributed by atoms with Crippen molar-refractivity contribution < 1.29 is 5.21 Å². The molecule has 11 heavy (non-hydrogen) atoms. The van der Waals surface area contributed by atoms with Gasteiger partial charge in [0.05, 0.1) is 5.51 Å². The summed E-state index contributed by atoms with van der Waals surface area (Å²) in [5.41, 5.74) is 3.46. The van der Waals surface area contributed by atoms with Gasteiger partial charge in [-0.25, -0.2) is 4.98 Å². The van der Waals surface area contributed by atoms with E-state index < -0.39 is 0 Å².